The van der Waals surface area contributed by atoms with Gasteiger partial charge in [-0.2, -0.15) is 0 Å². The smallest absolute Gasteiger partial charge is 0.243 e. The van der Waals surface area contributed by atoms with Gasteiger partial charge in [0, 0.05) is 5.54 Å². The summed E-state index contributed by atoms with van der Waals surface area (Å²) in [5, 5.41) is 2.99. The number of fused-ring (bicyclic) bond motifs is 1. The first-order valence-corrected chi connectivity index (χ1v) is 7.13. The molecule has 1 heterocycles. The zero-order valence-electron chi connectivity index (χ0n) is 12.6. The topological polar surface area (TPSA) is 49.8 Å². The summed E-state index contributed by atoms with van der Waals surface area (Å²) in [6.07, 6.45) is 0. The zero-order chi connectivity index (χ0) is 15.1. The van der Waals surface area contributed by atoms with Gasteiger partial charge in [-0.1, -0.05) is 12.1 Å². The predicted molar refractivity (Wildman–Crippen MR) is 84.5 cm³/mol. The van der Waals surface area contributed by atoms with E-state index < -0.39 is 0 Å². The van der Waals surface area contributed by atoms with Gasteiger partial charge < -0.3 is 14.9 Å². The van der Waals surface area contributed by atoms with Gasteiger partial charge in [0.15, 0.2) is 4.77 Å². The lowest BCUT2D eigenvalue weighted by molar-refractivity contribution is -0.125. The maximum absolute atomic E-state index is 12.3. The monoisotopic (exact) mass is 291 g/mol. The minimum atomic E-state index is -0.350. The van der Waals surface area contributed by atoms with E-state index in [0.717, 1.165) is 16.6 Å². The molecule has 5 heteroatoms. The van der Waals surface area contributed by atoms with E-state index in [4.69, 9.17) is 12.2 Å². The zero-order valence-corrected chi connectivity index (χ0v) is 13.4. The number of amides is 1. The second-order valence-electron chi connectivity index (χ2n) is 6.18. The number of aromatic amines is 1. The first-order valence-electron chi connectivity index (χ1n) is 6.72. The quantitative estimate of drug-likeness (QED) is 0.832. The van der Waals surface area contributed by atoms with Crippen molar-refractivity contribution in [2.24, 2.45) is 0 Å². The molecule has 4 nitrogen and oxygen atoms in total. The molecule has 1 aromatic heterocycles. The molecular formula is C15H21N3OS. The van der Waals surface area contributed by atoms with Crippen LogP contribution in [0.2, 0.25) is 0 Å². The first kappa shape index (κ1) is 14.8. The number of rotatable bonds is 2. The molecule has 0 radical (unpaired) electrons. The summed E-state index contributed by atoms with van der Waals surface area (Å²) in [6, 6.07) is 5.63. The second-order valence-corrected chi connectivity index (χ2v) is 6.57. The highest BCUT2D eigenvalue weighted by Crippen LogP contribution is 2.22. The molecule has 0 aliphatic carbocycles. The molecule has 0 aliphatic heterocycles. The molecule has 2 N–H and O–H groups in total. The van der Waals surface area contributed by atoms with Crippen molar-refractivity contribution in [2.45, 2.75) is 46.2 Å². The molecule has 20 heavy (non-hydrogen) atoms. The minimum Gasteiger partial charge on any atom is -0.350 e. The van der Waals surface area contributed by atoms with Gasteiger partial charge in [-0.3, -0.25) is 4.79 Å². The van der Waals surface area contributed by atoms with Crippen molar-refractivity contribution in [3.63, 3.8) is 0 Å². The Balaban J connectivity index is 2.48. The van der Waals surface area contributed by atoms with Gasteiger partial charge >= 0.3 is 0 Å². The van der Waals surface area contributed by atoms with Gasteiger partial charge in [0.05, 0.1) is 11.0 Å². The van der Waals surface area contributed by atoms with E-state index in [0.29, 0.717) is 4.77 Å². The van der Waals surface area contributed by atoms with Gasteiger partial charge in [-0.05, 0) is 58.5 Å². The van der Waals surface area contributed by atoms with Gasteiger partial charge in [0.1, 0.15) is 6.04 Å². The van der Waals surface area contributed by atoms with Gasteiger partial charge in [-0.25, -0.2) is 0 Å². The number of carbonyl (C=O) groups excluding carboxylic acids is 1. The van der Waals surface area contributed by atoms with Crippen LogP contribution in [0.4, 0.5) is 0 Å². The number of carbonyl (C=O) groups is 1. The Hall–Kier alpha value is -1.62. The highest BCUT2D eigenvalue weighted by Gasteiger charge is 2.22. The Morgan fingerprint density at radius 2 is 2.05 bits per heavy atom. The first-order chi connectivity index (χ1) is 9.20. The molecule has 0 saturated carbocycles. The highest BCUT2D eigenvalue weighted by molar-refractivity contribution is 7.71. The number of imidazole rings is 1. The number of hydrogen-bond donors (Lipinski definition) is 2. The van der Waals surface area contributed by atoms with Gasteiger partial charge in [0.2, 0.25) is 5.91 Å². The van der Waals surface area contributed by atoms with Crippen LogP contribution in [0.15, 0.2) is 18.2 Å². The summed E-state index contributed by atoms with van der Waals surface area (Å²) in [7, 11) is 0. The van der Waals surface area contributed by atoms with Crippen molar-refractivity contribution >= 4 is 29.2 Å². The van der Waals surface area contributed by atoms with E-state index in [1.165, 1.54) is 0 Å². The van der Waals surface area contributed by atoms with Crippen LogP contribution in [0.25, 0.3) is 11.0 Å². The predicted octanol–water partition coefficient (Wildman–Crippen LogP) is 3.48. The average Bonchev–Trinajstić information content (AvgIpc) is 2.64. The van der Waals surface area contributed by atoms with Crippen molar-refractivity contribution in [1.29, 1.82) is 0 Å². The fraction of sp³-hybridized carbons (Fsp3) is 0.467. The minimum absolute atomic E-state index is 0.0315. The van der Waals surface area contributed by atoms with Crippen molar-refractivity contribution in [2.75, 3.05) is 0 Å². The second kappa shape index (κ2) is 5.05. The molecule has 0 bridgehead atoms. The van der Waals surface area contributed by atoms with Crippen LogP contribution in [-0.2, 0) is 4.79 Å². The normalized spacial score (nSPS) is 13.4. The fourth-order valence-corrected chi connectivity index (χ4v) is 2.63. The molecule has 2 aromatic rings. The Kier molecular flexibility index (Phi) is 3.73. The maximum Gasteiger partial charge on any atom is 0.243 e. The number of aromatic nitrogens is 2. The fourth-order valence-electron chi connectivity index (χ4n) is 2.27. The number of nitrogens with zero attached hydrogens (tertiary/aromatic N) is 1. The number of nitrogens with one attached hydrogen (secondary N) is 2. The lowest BCUT2D eigenvalue weighted by atomic mass is 10.1. The third-order valence-electron chi connectivity index (χ3n) is 3.23. The molecule has 0 aliphatic rings. The molecule has 2 rings (SSSR count). The van der Waals surface area contributed by atoms with E-state index in [1.807, 2.05) is 57.4 Å². The Morgan fingerprint density at radius 3 is 2.65 bits per heavy atom. The van der Waals surface area contributed by atoms with E-state index in [9.17, 15) is 4.79 Å². The molecule has 0 fully saturated rings. The molecule has 0 spiro atoms. The van der Waals surface area contributed by atoms with Gasteiger partial charge in [0.25, 0.3) is 0 Å². The largest absolute Gasteiger partial charge is 0.350 e. The number of para-hydroxylation sites is 1. The van der Waals surface area contributed by atoms with E-state index in [1.54, 1.807) is 0 Å². The number of H-pyrrole nitrogens is 1. The lowest BCUT2D eigenvalue weighted by Crippen LogP contribution is -2.43. The summed E-state index contributed by atoms with van der Waals surface area (Å²) in [5.41, 5.74) is 2.82. The van der Waals surface area contributed by atoms with Crippen LogP contribution in [0.5, 0.6) is 0 Å². The van der Waals surface area contributed by atoms with Crippen LogP contribution < -0.4 is 5.32 Å². The molecule has 1 unspecified atom stereocenters. The van der Waals surface area contributed by atoms with Gasteiger partial charge in [-0.15, -0.1) is 0 Å². The highest BCUT2D eigenvalue weighted by atomic mass is 32.1. The van der Waals surface area contributed by atoms with Crippen LogP contribution >= 0.6 is 12.2 Å². The lowest BCUT2D eigenvalue weighted by Gasteiger charge is -2.24. The van der Waals surface area contributed by atoms with Crippen LogP contribution in [0.3, 0.4) is 0 Å². The van der Waals surface area contributed by atoms with Crippen molar-refractivity contribution in [3.8, 4) is 0 Å². The van der Waals surface area contributed by atoms with E-state index >= 15 is 0 Å². The van der Waals surface area contributed by atoms with Crippen molar-refractivity contribution < 1.29 is 4.79 Å². The van der Waals surface area contributed by atoms with Crippen LogP contribution in [0.1, 0.15) is 39.3 Å². The van der Waals surface area contributed by atoms with E-state index in [-0.39, 0.29) is 17.5 Å². The number of hydrogen-bond acceptors (Lipinski definition) is 2. The van der Waals surface area contributed by atoms with Crippen molar-refractivity contribution in [3.05, 3.63) is 28.5 Å². The standard InChI is InChI=1S/C15H21N3OS/c1-9-7-6-8-11-12(9)16-14(20)18(11)10(2)13(19)17-15(3,4)5/h6-8,10H,1-5H3,(H,16,20)(H,17,19). The summed E-state index contributed by atoms with van der Waals surface area (Å²) >= 11 is 5.38. The van der Waals surface area contributed by atoms with E-state index in [2.05, 4.69) is 10.3 Å². The number of benzene rings is 1. The molecule has 108 valence electrons. The summed E-state index contributed by atoms with van der Waals surface area (Å²) < 4.78 is 2.45. The maximum atomic E-state index is 12.3. The SMILES string of the molecule is Cc1cccc2c1[nH]c(=S)n2C(C)C(=O)NC(C)(C)C. The molecular weight excluding hydrogens is 270 g/mol. The molecule has 1 amide bonds. The summed E-state index contributed by atoms with van der Waals surface area (Å²) in [5.74, 6) is -0.0315. The molecule has 1 aromatic carbocycles. The third kappa shape index (κ3) is 2.77. The Labute approximate surface area is 124 Å². The summed E-state index contributed by atoms with van der Waals surface area (Å²) in [6.45, 7) is 9.80. The van der Waals surface area contributed by atoms with Crippen LogP contribution in [-0.4, -0.2) is 21.0 Å². The number of aryl methyl sites for hydroxylation is 1. The van der Waals surface area contributed by atoms with Crippen LogP contribution in [0, 0.1) is 11.7 Å². The Morgan fingerprint density at radius 1 is 1.40 bits per heavy atom. The summed E-state index contributed by atoms with van der Waals surface area (Å²) in [4.78, 5) is 15.5. The van der Waals surface area contributed by atoms with Crippen molar-refractivity contribution in [1.82, 2.24) is 14.9 Å². The average molecular weight is 291 g/mol. The molecule has 1 atom stereocenters. The Bertz CT molecular complexity index is 706. The third-order valence-corrected chi connectivity index (χ3v) is 3.52. The molecule has 0 saturated heterocycles.